The number of ether oxygens (including phenoxy) is 3. The lowest BCUT2D eigenvalue weighted by molar-refractivity contribution is -0.138. The smallest absolute Gasteiger partial charge is 0.304 e. The molecule has 22 heavy (non-hydrogen) atoms. The summed E-state index contributed by atoms with van der Waals surface area (Å²) in [6, 6.07) is 5.64. The van der Waals surface area contributed by atoms with Crippen molar-refractivity contribution in [3.63, 3.8) is 0 Å². The summed E-state index contributed by atoms with van der Waals surface area (Å²) in [5.74, 6) is 0.527. The summed E-state index contributed by atoms with van der Waals surface area (Å²) >= 11 is 0. The molecule has 0 bridgehead atoms. The highest BCUT2D eigenvalue weighted by molar-refractivity contribution is 5.69. The van der Waals surface area contributed by atoms with Crippen molar-refractivity contribution < 1.29 is 24.1 Å². The first kappa shape index (κ1) is 16.6. The Morgan fingerprint density at radius 2 is 2.00 bits per heavy atom. The van der Waals surface area contributed by atoms with Crippen LogP contribution in [-0.2, 0) is 14.9 Å². The van der Waals surface area contributed by atoms with Gasteiger partial charge in [-0.25, -0.2) is 0 Å². The van der Waals surface area contributed by atoms with Crippen molar-refractivity contribution in [3.05, 3.63) is 23.8 Å². The van der Waals surface area contributed by atoms with Crippen molar-refractivity contribution in [1.29, 1.82) is 0 Å². The maximum Gasteiger partial charge on any atom is 0.304 e. The molecule has 0 spiro atoms. The van der Waals surface area contributed by atoms with Gasteiger partial charge in [0.1, 0.15) is 6.10 Å². The molecule has 0 unspecified atom stereocenters. The number of benzene rings is 1. The Morgan fingerprint density at radius 3 is 2.59 bits per heavy atom. The SMILES string of the molecule is COc1ccc(C(C)(C)CC(=O)O)cc1OC1CCOCC1. The molecule has 1 aromatic carbocycles. The van der Waals surface area contributed by atoms with E-state index in [0.717, 1.165) is 18.4 Å². The highest BCUT2D eigenvalue weighted by atomic mass is 16.5. The van der Waals surface area contributed by atoms with Crippen molar-refractivity contribution in [1.82, 2.24) is 0 Å². The van der Waals surface area contributed by atoms with E-state index < -0.39 is 11.4 Å². The summed E-state index contributed by atoms with van der Waals surface area (Å²) in [7, 11) is 1.61. The highest BCUT2D eigenvalue weighted by Crippen LogP contribution is 2.36. The van der Waals surface area contributed by atoms with Gasteiger partial charge < -0.3 is 19.3 Å². The predicted molar refractivity (Wildman–Crippen MR) is 82.7 cm³/mol. The Balaban J connectivity index is 2.23. The number of hydrogen-bond acceptors (Lipinski definition) is 4. The first-order chi connectivity index (χ1) is 10.4. The minimum Gasteiger partial charge on any atom is -0.493 e. The van der Waals surface area contributed by atoms with E-state index in [4.69, 9.17) is 19.3 Å². The third kappa shape index (κ3) is 4.13. The van der Waals surface area contributed by atoms with E-state index in [9.17, 15) is 4.79 Å². The molecule has 5 heteroatoms. The van der Waals surface area contributed by atoms with Crippen LogP contribution in [0.3, 0.4) is 0 Å². The van der Waals surface area contributed by atoms with Crippen LogP contribution in [0.2, 0.25) is 0 Å². The first-order valence-corrected chi connectivity index (χ1v) is 7.57. The standard InChI is InChI=1S/C17H24O5/c1-17(2,11-16(18)19)12-4-5-14(20-3)15(10-12)22-13-6-8-21-9-7-13/h4-5,10,13H,6-9,11H2,1-3H3,(H,18,19). The average molecular weight is 308 g/mol. The number of carboxylic acid groups (broad SMARTS) is 1. The summed E-state index contributed by atoms with van der Waals surface area (Å²) in [6.45, 7) is 5.25. The van der Waals surface area contributed by atoms with Crippen molar-refractivity contribution in [2.45, 2.75) is 44.6 Å². The molecule has 122 valence electrons. The van der Waals surface area contributed by atoms with Gasteiger partial charge in [-0.15, -0.1) is 0 Å². The van der Waals surface area contributed by atoms with Gasteiger partial charge in [-0.3, -0.25) is 4.79 Å². The molecule has 1 heterocycles. The normalized spacial score (nSPS) is 16.3. The lowest BCUT2D eigenvalue weighted by Crippen LogP contribution is -2.26. The zero-order valence-electron chi connectivity index (χ0n) is 13.4. The highest BCUT2D eigenvalue weighted by Gasteiger charge is 2.26. The fourth-order valence-electron chi connectivity index (χ4n) is 2.64. The second-order valence-corrected chi connectivity index (χ2v) is 6.25. The van der Waals surface area contributed by atoms with Gasteiger partial charge in [-0.2, -0.15) is 0 Å². The number of carboxylic acids is 1. The summed E-state index contributed by atoms with van der Waals surface area (Å²) in [5, 5.41) is 9.07. The molecule has 1 fully saturated rings. The van der Waals surface area contributed by atoms with Gasteiger partial charge >= 0.3 is 5.97 Å². The van der Waals surface area contributed by atoms with Crippen LogP contribution >= 0.6 is 0 Å². The van der Waals surface area contributed by atoms with Crippen molar-refractivity contribution in [2.75, 3.05) is 20.3 Å². The molecule has 1 aliphatic heterocycles. The molecular formula is C17H24O5. The van der Waals surface area contributed by atoms with E-state index in [1.807, 2.05) is 32.0 Å². The van der Waals surface area contributed by atoms with Crippen LogP contribution in [0.5, 0.6) is 11.5 Å². The van der Waals surface area contributed by atoms with E-state index in [2.05, 4.69) is 0 Å². The Hall–Kier alpha value is -1.75. The van der Waals surface area contributed by atoms with Crippen LogP contribution in [0, 0.1) is 0 Å². The molecule has 0 amide bonds. The van der Waals surface area contributed by atoms with Crippen LogP contribution in [0.4, 0.5) is 0 Å². The molecule has 0 atom stereocenters. The maximum atomic E-state index is 11.0. The third-order valence-electron chi connectivity index (χ3n) is 4.00. The lowest BCUT2D eigenvalue weighted by atomic mass is 9.81. The number of methoxy groups -OCH3 is 1. The molecule has 0 aliphatic carbocycles. The largest absolute Gasteiger partial charge is 0.493 e. The van der Waals surface area contributed by atoms with E-state index in [1.54, 1.807) is 7.11 Å². The predicted octanol–water partition coefficient (Wildman–Crippen LogP) is 3.01. The second-order valence-electron chi connectivity index (χ2n) is 6.25. The van der Waals surface area contributed by atoms with Gasteiger partial charge in [-0.05, 0) is 17.7 Å². The number of carbonyl (C=O) groups is 1. The van der Waals surface area contributed by atoms with E-state index in [0.29, 0.717) is 24.7 Å². The van der Waals surface area contributed by atoms with E-state index in [-0.39, 0.29) is 12.5 Å². The molecule has 1 aliphatic rings. The van der Waals surface area contributed by atoms with Gasteiger partial charge in [0.25, 0.3) is 0 Å². The second kappa shape index (κ2) is 7.01. The molecule has 5 nitrogen and oxygen atoms in total. The molecule has 2 rings (SSSR count). The van der Waals surface area contributed by atoms with Gasteiger partial charge in [0.15, 0.2) is 11.5 Å². The number of aliphatic carboxylic acids is 1. The summed E-state index contributed by atoms with van der Waals surface area (Å²) in [6.07, 6.45) is 1.88. The van der Waals surface area contributed by atoms with Gasteiger partial charge in [0, 0.05) is 18.3 Å². The van der Waals surface area contributed by atoms with E-state index in [1.165, 1.54) is 0 Å². The quantitative estimate of drug-likeness (QED) is 0.875. The van der Waals surface area contributed by atoms with Crippen LogP contribution in [0.1, 0.15) is 38.7 Å². The van der Waals surface area contributed by atoms with Gasteiger partial charge in [-0.1, -0.05) is 19.9 Å². The van der Waals surface area contributed by atoms with Crippen LogP contribution in [-0.4, -0.2) is 37.5 Å². The topological polar surface area (TPSA) is 65.0 Å². The monoisotopic (exact) mass is 308 g/mol. The first-order valence-electron chi connectivity index (χ1n) is 7.57. The summed E-state index contributed by atoms with van der Waals surface area (Å²) < 4.78 is 16.8. The van der Waals surface area contributed by atoms with Crippen LogP contribution in [0.25, 0.3) is 0 Å². The van der Waals surface area contributed by atoms with Gasteiger partial charge in [0.05, 0.1) is 26.7 Å². The molecule has 1 aromatic rings. The Labute approximate surface area is 131 Å². The molecule has 0 radical (unpaired) electrons. The summed E-state index contributed by atoms with van der Waals surface area (Å²) in [4.78, 5) is 11.0. The number of hydrogen-bond donors (Lipinski definition) is 1. The van der Waals surface area contributed by atoms with Crippen LogP contribution < -0.4 is 9.47 Å². The Bertz CT molecular complexity index is 518. The van der Waals surface area contributed by atoms with Crippen molar-refractivity contribution in [2.24, 2.45) is 0 Å². The third-order valence-corrected chi connectivity index (χ3v) is 4.00. The average Bonchev–Trinajstić information content (AvgIpc) is 2.47. The van der Waals surface area contributed by atoms with Crippen LogP contribution in [0.15, 0.2) is 18.2 Å². The summed E-state index contributed by atoms with van der Waals surface area (Å²) in [5.41, 5.74) is 0.462. The fraction of sp³-hybridized carbons (Fsp3) is 0.588. The van der Waals surface area contributed by atoms with E-state index >= 15 is 0 Å². The zero-order valence-corrected chi connectivity index (χ0v) is 13.4. The van der Waals surface area contributed by atoms with Gasteiger partial charge in [0.2, 0.25) is 0 Å². The Kier molecular flexibility index (Phi) is 5.29. The number of rotatable bonds is 6. The molecule has 1 N–H and O–H groups in total. The maximum absolute atomic E-state index is 11.0. The molecular weight excluding hydrogens is 284 g/mol. The van der Waals surface area contributed by atoms with Crippen molar-refractivity contribution >= 4 is 5.97 Å². The molecule has 1 saturated heterocycles. The molecule has 0 aromatic heterocycles. The fourth-order valence-corrected chi connectivity index (χ4v) is 2.64. The Morgan fingerprint density at radius 1 is 1.32 bits per heavy atom. The lowest BCUT2D eigenvalue weighted by Gasteiger charge is -2.27. The van der Waals surface area contributed by atoms with Crippen molar-refractivity contribution in [3.8, 4) is 11.5 Å². The minimum absolute atomic E-state index is 0.0655. The zero-order chi connectivity index (χ0) is 16.2. The molecule has 0 saturated carbocycles. The minimum atomic E-state index is -0.812.